The molecule has 0 fully saturated rings. The summed E-state index contributed by atoms with van der Waals surface area (Å²) < 4.78 is 33.2. The van der Waals surface area contributed by atoms with Crippen LogP contribution in [0.5, 0.6) is 5.75 Å². The molecule has 0 radical (unpaired) electrons. The summed E-state index contributed by atoms with van der Waals surface area (Å²) in [6.07, 6.45) is 1.88. The van der Waals surface area contributed by atoms with Gasteiger partial charge in [0.05, 0.1) is 17.9 Å². The molecule has 0 atom stereocenters. The van der Waals surface area contributed by atoms with Crippen LogP contribution in [0, 0.1) is 0 Å². The quantitative estimate of drug-likeness (QED) is 0.569. The van der Waals surface area contributed by atoms with E-state index >= 15 is 0 Å². The van der Waals surface area contributed by atoms with Gasteiger partial charge >= 0.3 is 5.97 Å². The Hall–Kier alpha value is -2.67. The van der Waals surface area contributed by atoms with E-state index in [2.05, 4.69) is 0 Å². The number of carbonyl (C=O) groups excluding carboxylic acids is 2. The number of hydrogen-bond donors (Lipinski definition) is 0. The molecule has 0 amide bonds. The highest BCUT2D eigenvalue weighted by Crippen LogP contribution is 2.26. The Morgan fingerprint density at radius 1 is 1.12 bits per heavy atom. The van der Waals surface area contributed by atoms with Gasteiger partial charge in [-0.2, -0.15) is 0 Å². The fourth-order valence-corrected chi connectivity index (χ4v) is 3.53. The highest BCUT2D eigenvalue weighted by molar-refractivity contribution is 7.89. The Balaban J connectivity index is 1.63. The molecule has 26 heavy (non-hydrogen) atoms. The van der Waals surface area contributed by atoms with Gasteiger partial charge in [0.15, 0.2) is 22.2 Å². The first-order valence-electron chi connectivity index (χ1n) is 8.04. The second-order valence-corrected chi connectivity index (χ2v) is 8.33. The topological polar surface area (TPSA) is 86.7 Å². The summed E-state index contributed by atoms with van der Waals surface area (Å²) in [5.41, 5.74) is 2.14. The maximum absolute atomic E-state index is 12.2. The summed E-state index contributed by atoms with van der Waals surface area (Å²) in [5.74, 6) is -0.357. The van der Waals surface area contributed by atoms with E-state index in [4.69, 9.17) is 9.47 Å². The number of sulfone groups is 1. The van der Waals surface area contributed by atoms with Crippen LogP contribution in [0.1, 0.15) is 31.8 Å². The Bertz CT molecular complexity index is 962. The Morgan fingerprint density at radius 3 is 2.69 bits per heavy atom. The Labute approximate surface area is 151 Å². The molecule has 7 heteroatoms. The molecule has 0 unspecified atom stereocenters. The van der Waals surface area contributed by atoms with Gasteiger partial charge in [0.1, 0.15) is 5.75 Å². The first-order chi connectivity index (χ1) is 12.3. The third-order valence-corrected chi connectivity index (χ3v) is 4.80. The highest BCUT2D eigenvalue weighted by Gasteiger charge is 2.17. The van der Waals surface area contributed by atoms with Crippen LogP contribution in [0.3, 0.4) is 0 Å². The molecule has 1 aliphatic rings. The molecule has 1 aliphatic heterocycles. The van der Waals surface area contributed by atoms with Crippen LogP contribution < -0.4 is 4.74 Å². The maximum atomic E-state index is 12.2. The number of rotatable bonds is 6. The third-order valence-electron chi connectivity index (χ3n) is 3.94. The van der Waals surface area contributed by atoms with E-state index in [1.54, 1.807) is 30.3 Å². The SMILES string of the molecule is CS(=O)(=O)Cc1cccc(C(=O)OCC(=O)c2ccc3c(c2)CCO3)c1. The van der Waals surface area contributed by atoms with Gasteiger partial charge in [-0.1, -0.05) is 12.1 Å². The molecule has 0 N–H and O–H groups in total. The predicted octanol–water partition coefficient (Wildman–Crippen LogP) is 2.21. The van der Waals surface area contributed by atoms with Crippen molar-refractivity contribution in [2.45, 2.75) is 12.2 Å². The lowest BCUT2D eigenvalue weighted by Crippen LogP contribution is -2.14. The minimum absolute atomic E-state index is 0.162. The van der Waals surface area contributed by atoms with Crippen LogP contribution in [0.2, 0.25) is 0 Å². The van der Waals surface area contributed by atoms with E-state index < -0.39 is 15.8 Å². The van der Waals surface area contributed by atoms with Gasteiger partial charge in [0, 0.05) is 18.2 Å². The number of benzene rings is 2. The zero-order chi connectivity index (χ0) is 18.7. The van der Waals surface area contributed by atoms with Gasteiger partial charge in [-0.05, 0) is 41.5 Å². The fraction of sp³-hybridized carbons (Fsp3) is 0.263. The Kier molecular flexibility index (Phi) is 5.08. The van der Waals surface area contributed by atoms with Gasteiger partial charge < -0.3 is 9.47 Å². The van der Waals surface area contributed by atoms with E-state index in [1.807, 2.05) is 0 Å². The third kappa shape index (κ3) is 4.49. The lowest BCUT2D eigenvalue weighted by molar-refractivity contribution is 0.0474. The van der Waals surface area contributed by atoms with E-state index in [1.165, 1.54) is 12.1 Å². The van der Waals surface area contributed by atoms with Crippen molar-refractivity contribution in [2.75, 3.05) is 19.5 Å². The van der Waals surface area contributed by atoms with Crippen molar-refractivity contribution in [3.63, 3.8) is 0 Å². The van der Waals surface area contributed by atoms with Gasteiger partial charge in [0.2, 0.25) is 0 Å². The van der Waals surface area contributed by atoms with Gasteiger partial charge in [-0.3, -0.25) is 4.79 Å². The van der Waals surface area contributed by atoms with E-state index in [0.717, 1.165) is 24.0 Å². The van der Waals surface area contributed by atoms with Crippen LogP contribution >= 0.6 is 0 Å². The highest BCUT2D eigenvalue weighted by atomic mass is 32.2. The standard InChI is InChI=1S/C19H18O6S/c1-26(22,23)12-13-3-2-4-16(9-13)19(21)25-11-17(20)14-5-6-18-15(10-14)7-8-24-18/h2-6,9-10H,7-8,11-12H2,1H3. The summed E-state index contributed by atoms with van der Waals surface area (Å²) in [7, 11) is -3.20. The van der Waals surface area contributed by atoms with E-state index in [9.17, 15) is 18.0 Å². The molecular formula is C19H18O6S. The molecule has 0 aliphatic carbocycles. The van der Waals surface area contributed by atoms with Crippen molar-refractivity contribution in [3.8, 4) is 5.75 Å². The van der Waals surface area contributed by atoms with Crippen LogP contribution in [-0.2, 0) is 26.7 Å². The number of Topliss-reactive ketones (excluding diaryl/α,β-unsaturated/α-hetero) is 1. The summed E-state index contributed by atoms with van der Waals surface area (Å²) >= 11 is 0. The molecule has 0 spiro atoms. The van der Waals surface area contributed by atoms with E-state index in [-0.39, 0.29) is 23.7 Å². The molecule has 136 valence electrons. The van der Waals surface area contributed by atoms with Crippen molar-refractivity contribution in [2.24, 2.45) is 0 Å². The van der Waals surface area contributed by atoms with Crippen molar-refractivity contribution >= 4 is 21.6 Å². The van der Waals surface area contributed by atoms with Gasteiger partial charge in [-0.25, -0.2) is 13.2 Å². The Morgan fingerprint density at radius 2 is 1.92 bits per heavy atom. The van der Waals surface area contributed by atoms with Crippen LogP contribution in [0.4, 0.5) is 0 Å². The number of esters is 1. The summed E-state index contributed by atoms with van der Waals surface area (Å²) in [4.78, 5) is 24.4. The molecule has 0 saturated carbocycles. The van der Waals surface area contributed by atoms with Crippen LogP contribution in [0.15, 0.2) is 42.5 Å². The average molecular weight is 374 g/mol. The first kappa shape index (κ1) is 18.1. The van der Waals surface area contributed by atoms with Crippen LogP contribution in [-0.4, -0.2) is 39.6 Å². The molecule has 2 aromatic rings. The first-order valence-corrected chi connectivity index (χ1v) is 10.1. The average Bonchev–Trinajstić information content (AvgIpc) is 3.05. The van der Waals surface area contributed by atoms with E-state index in [0.29, 0.717) is 17.7 Å². The minimum atomic E-state index is -3.20. The number of hydrogen-bond acceptors (Lipinski definition) is 6. The molecule has 0 bridgehead atoms. The largest absolute Gasteiger partial charge is 0.493 e. The molecule has 6 nitrogen and oxygen atoms in total. The molecule has 2 aromatic carbocycles. The van der Waals surface area contributed by atoms with Crippen molar-refractivity contribution in [3.05, 3.63) is 64.7 Å². The molecule has 1 heterocycles. The maximum Gasteiger partial charge on any atom is 0.338 e. The molecule has 0 aromatic heterocycles. The van der Waals surface area contributed by atoms with Crippen molar-refractivity contribution in [1.29, 1.82) is 0 Å². The lowest BCUT2D eigenvalue weighted by Gasteiger charge is -2.07. The smallest absolute Gasteiger partial charge is 0.338 e. The number of ether oxygens (including phenoxy) is 2. The number of carbonyl (C=O) groups is 2. The summed E-state index contributed by atoms with van der Waals surface area (Å²) in [5, 5.41) is 0. The summed E-state index contributed by atoms with van der Waals surface area (Å²) in [6.45, 7) is 0.223. The monoisotopic (exact) mass is 374 g/mol. The predicted molar refractivity (Wildman–Crippen MR) is 95.2 cm³/mol. The molecule has 0 saturated heterocycles. The normalized spacial score (nSPS) is 13.0. The van der Waals surface area contributed by atoms with Crippen LogP contribution in [0.25, 0.3) is 0 Å². The lowest BCUT2D eigenvalue weighted by atomic mass is 10.1. The summed E-state index contributed by atoms with van der Waals surface area (Å²) in [6, 6.07) is 11.3. The van der Waals surface area contributed by atoms with Gasteiger partial charge in [0.25, 0.3) is 0 Å². The van der Waals surface area contributed by atoms with Crippen molar-refractivity contribution < 1.29 is 27.5 Å². The zero-order valence-corrected chi connectivity index (χ0v) is 15.0. The fourth-order valence-electron chi connectivity index (χ4n) is 2.75. The molecular weight excluding hydrogens is 356 g/mol. The zero-order valence-electron chi connectivity index (χ0n) is 14.2. The van der Waals surface area contributed by atoms with Crippen molar-refractivity contribution in [1.82, 2.24) is 0 Å². The minimum Gasteiger partial charge on any atom is -0.493 e. The second-order valence-electron chi connectivity index (χ2n) is 6.19. The number of ketones is 1. The second kappa shape index (κ2) is 7.29. The van der Waals surface area contributed by atoms with Gasteiger partial charge in [-0.15, -0.1) is 0 Å². The number of fused-ring (bicyclic) bond motifs is 1. The molecule has 3 rings (SSSR count).